The van der Waals surface area contributed by atoms with Crippen LogP contribution >= 0.6 is 0 Å². The number of hydrogen-bond acceptors (Lipinski definition) is 11. The minimum Gasteiger partial charge on any atom is -0.461 e. The smallest absolute Gasteiger partial charge is 0.311 e. The van der Waals surface area contributed by atoms with E-state index in [2.05, 4.69) is 117 Å². The lowest BCUT2D eigenvalue weighted by Crippen LogP contribution is -2.67. The van der Waals surface area contributed by atoms with Crippen LogP contribution < -0.4 is 10.4 Å². The molecule has 9 atom stereocenters. The fourth-order valence-electron chi connectivity index (χ4n) is 10.6. The lowest BCUT2D eigenvalue weighted by Gasteiger charge is -2.48. The average Bonchev–Trinajstić information content (AvgIpc) is 3.77. The second-order valence-corrected chi connectivity index (χ2v) is 30.8. The van der Waals surface area contributed by atoms with Crippen molar-refractivity contribution in [2.75, 3.05) is 27.4 Å². The van der Waals surface area contributed by atoms with Crippen molar-refractivity contribution in [3.05, 3.63) is 95.7 Å². The van der Waals surface area contributed by atoms with E-state index in [0.717, 1.165) is 35.6 Å². The number of aldehydes is 1. The van der Waals surface area contributed by atoms with Gasteiger partial charge in [0.25, 0.3) is 8.32 Å². The van der Waals surface area contributed by atoms with Crippen LogP contribution in [0.5, 0.6) is 0 Å². The van der Waals surface area contributed by atoms with Crippen LogP contribution in [0.4, 0.5) is 0 Å². The Morgan fingerprint density at radius 3 is 2.04 bits per heavy atom. The molecule has 2 aromatic carbocycles. The van der Waals surface area contributed by atoms with E-state index in [4.69, 9.17) is 41.9 Å². The monoisotopic (exact) mass is 988 g/mol. The predicted molar refractivity (Wildman–Crippen MR) is 279 cm³/mol. The first kappa shape index (κ1) is 56.4. The highest BCUT2D eigenvalue weighted by Gasteiger charge is 2.52. The molecule has 2 saturated heterocycles. The number of esters is 1. The average molecular weight is 988 g/mol. The summed E-state index contributed by atoms with van der Waals surface area (Å²) >= 11 is 0. The van der Waals surface area contributed by atoms with E-state index in [1.54, 1.807) is 20.5 Å². The van der Waals surface area contributed by atoms with Crippen molar-refractivity contribution < 1.29 is 46.5 Å². The Bertz CT molecular complexity index is 2090. The summed E-state index contributed by atoms with van der Waals surface area (Å²) in [7, 11) is -1.53. The molecule has 0 N–H and O–H groups in total. The molecular weight excluding hydrogens is 903 g/mol. The third-order valence-electron chi connectivity index (χ3n) is 14.9. The normalized spacial score (nSPS) is 25.9. The molecule has 0 radical (unpaired) electrons. The van der Waals surface area contributed by atoms with Crippen molar-refractivity contribution in [3.8, 4) is 0 Å². The number of carbonyl (C=O) groups excluding carboxylic acids is 2. The largest absolute Gasteiger partial charge is 0.461 e. The molecule has 13 heteroatoms. The van der Waals surface area contributed by atoms with Crippen LogP contribution in [0.3, 0.4) is 0 Å². The van der Waals surface area contributed by atoms with Gasteiger partial charge < -0.3 is 41.7 Å². The van der Waals surface area contributed by atoms with E-state index in [9.17, 15) is 9.59 Å². The van der Waals surface area contributed by atoms with Gasteiger partial charge in [-0.3, -0.25) is 4.79 Å². The molecule has 0 amide bonds. The molecular formula is C56H85NO10Si2. The summed E-state index contributed by atoms with van der Waals surface area (Å²) < 4.78 is 53.2. The number of hydrogen-bond donors (Lipinski definition) is 0. The molecule has 382 valence electrons. The van der Waals surface area contributed by atoms with E-state index >= 15 is 0 Å². The zero-order valence-electron chi connectivity index (χ0n) is 44.6. The van der Waals surface area contributed by atoms with Gasteiger partial charge in [-0.15, -0.1) is 0 Å². The number of nitrogens with zero attached hydrogens (tertiary/aromatic N) is 1. The van der Waals surface area contributed by atoms with Gasteiger partial charge in [0, 0.05) is 57.8 Å². The van der Waals surface area contributed by atoms with Gasteiger partial charge in [0.1, 0.15) is 24.9 Å². The Balaban J connectivity index is 1.48. The Kier molecular flexibility index (Phi) is 19.8. The highest BCUT2D eigenvalue weighted by molar-refractivity contribution is 6.99. The van der Waals surface area contributed by atoms with Crippen LogP contribution in [0.2, 0.25) is 23.2 Å². The van der Waals surface area contributed by atoms with E-state index in [-0.39, 0.29) is 66.2 Å². The van der Waals surface area contributed by atoms with E-state index in [1.807, 2.05) is 45.9 Å². The number of rotatable bonds is 22. The second-order valence-electron chi connectivity index (χ2n) is 21.8. The van der Waals surface area contributed by atoms with Crippen LogP contribution in [-0.2, 0) is 48.5 Å². The highest BCUT2D eigenvalue weighted by Crippen LogP contribution is 2.42. The molecule has 3 heterocycles. The standard InChI is InChI=1S/C56H85NO10Si2/c1-16-68(17-2,18-3)67-52-41(6)48(29-30-58)65-51(42(52)7)40(5)32-44-38-62-50(57-44)35-56(61-15)34-45(60-14)33-49(66-56)43(31-39(4)36-63-53(59)54(8,9)10)37-64-69(55(11,12)13,46-25-21-19-22-26-46)47-27-23-20-24-28-47/h19-28,30-32,38,41-43,45,48-49,51-52H,16-18,29,33-37H2,1-15H3/b39-31+,40-32+/t41-,42-,43+,45+,48+,49+,51-,52-,56-/m0/s1. The Labute approximate surface area is 416 Å². The molecule has 0 saturated carbocycles. The van der Waals surface area contributed by atoms with Crippen LogP contribution in [0, 0.1) is 23.2 Å². The van der Waals surface area contributed by atoms with Gasteiger partial charge in [0.05, 0.1) is 42.4 Å². The predicted octanol–water partition coefficient (Wildman–Crippen LogP) is 10.9. The molecule has 0 aliphatic carbocycles. The van der Waals surface area contributed by atoms with Crippen molar-refractivity contribution in [2.45, 2.75) is 175 Å². The minimum absolute atomic E-state index is 0.0293. The fraction of sp³-hybridized carbons (Fsp3) is 0.625. The first-order valence-electron chi connectivity index (χ1n) is 25.4. The molecule has 69 heavy (non-hydrogen) atoms. The minimum atomic E-state index is -2.97. The van der Waals surface area contributed by atoms with E-state index < -0.39 is 33.9 Å². The maximum atomic E-state index is 12.9. The lowest BCUT2D eigenvalue weighted by molar-refractivity contribution is -0.295. The van der Waals surface area contributed by atoms with Crippen molar-refractivity contribution in [1.82, 2.24) is 4.98 Å². The Hall–Kier alpha value is -3.54. The number of benzene rings is 2. The van der Waals surface area contributed by atoms with Crippen LogP contribution in [0.15, 0.2) is 88.6 Å². The summed E-state index contributed by atoms with van der Waals surface area (Å²) in [5.41, 5.74) is 1.90. The number of aromatic nitrogens is 1. The SMILES string of the molecule is CC[Si](CC)(CC)O[C@H]1[C@@H](C)[C@@H](CC=O)O[C@@H](/C(C)=C/c2coc(C[C@]3(OC)C[C@H](OC)C[C@H]([C@H](/C=C(\C)COC(=O)C(C)(C)C)CO[Si](c4ccccc4)(c4ccccc4)C(C)(C)C)O3)n2)[C@@H]1C. The number of carbonyl (C=O) groups is 2. The zero-order valence-corrected chi connectivity index (χ0v) is 46.6. The van der Waals surface area contributed by atoms with Gasteiger partial charge in [-0.1, -0.05) is 122 Å². The third kappa shape index (κ3) is 13.5. The molecule has 0 spiro atoms. The third-order valence-corrected chi connectivity index (χ3v) is 24.6. The molecule has 2 fully saturated rings. The van der Waals surface area contributed by atoms with Crippen LogP contribution in [0.25, 0.3) is 6.08 Å². The summed E-state index contributed by atoms with van der Waals surface area (Å²) in [6.45, 7) is 28.0. The molecule has 2 aliphatic heterocycles. The maximum absolute atomic E-state index is 12.9. The van der Waals surface area contributed by atoms with E-state index in [0.29, 0.717) is 37.5 Å². The van der Waals surface area contributed by atoms with Gasteiger partial charge in [0.2, 0.25) is 0 Å². The van der Waals surface area contributed by atoms with Crippen LogP contribution in [-0.4, -0.2) is 97.6 Å². The van der Waals surface area contributed by atoms with Gasteiger partial charge in [-0.25, -0.2) is 4.98 Å². The van der Waals surface area contributed by atoms with Gasteiger partial charge >= 0.3 is 5.97 Å². The van der Waals surface area contributed by atoms with Crippen molar-refractivity contribution >= 4 is 45.3 Å². The van der Waals surface area contributed by atoms with Crippen molar-refractivity contribution in [1.29, 1.82) is 0 Å². The zero-order chi connectivity index (χ0) is 50.8. The molecule has 0 unspecified atom stereocenters. The number of methoxy groups -OCH3 is 2. The first-order chi connectivity index (χ1) is 32.6. The van der Waals surface area contributed by atoms with Gasteiger partial charge in [0.15, 0.2) is 20.0 Å². The van der Waals surface area contributed by atoms with E-state index in [1.165, 1.54) is 10.4 Å². The Morgan fingerprint density at radius 2 is 1.52 bits per heavy atom. The van der Waals surface area contributed by atoms with Gasteiger partial charge in [-0.2, -0.15) is 0 Å². The highest BCUT2D eigenvalue weighted by atomic mass is 28.4. The fourth-order valence-corrected chi connectivity index (χ4v) is 18.2. The molecule has 1 aromatic heterocycles. The van der Waals surface area contributed by atoms with Crippen LogP contribution in [0.1, 0.15) is 121 Å². The summed E-state index contributed by atoms with van der Waals surface area (Å²) in [6.07, 6.45) is 7.17. The second kappa shape index (κ2) is 24.3. The summed E-state index contributed by atoms with van der Waals surface area (Å²) in [4.78, 5) is 29.8. The molecule has 0 bridgehead atoms. The molecule has 3 aromatic rings. The van der Waals surface area contributed by atoms with Crippen molar-refractivity contribution in [2.24, 2.45) is 23.2 Å². The van der Waals surface area contributed by atoms with Crippen molar-refractivity contribution in [3.63, 3.8) is 0 Å². The summed E-state index contributed by atoms with van der Waals surface area (Å²) in [5.74, 6) is -1.11. The molecule has 5 rings (SSSR count). The maximum Gasteiger partial charge on any atom is 0.311 e. The quantitative estimate of drug-likeness (QED) is 0.0413. The van der Waals surface area contributed by atoms with Gasteiger partial charge in [-0.05, 0) is 85.4 Å². The first-order valence-corrected chi connectivity index (χ1v) is 29.8. The molecule has 11 nitrogen and oxygen atoms in total. The summed E-state index contributed by atoms with van der Waals surface area (Å²) in [6, 6.07) is 24.4. The summed E-state index contributed by atoms with van der Waals surface area (Å²) in [5, 5.41) is 2.10. The Morgan fingerprint density at radius 1 is 0.913 bits per heavy atom. The lowest BCUT2D eigenvalue weighted by atomic mass is 9.80. The number of ether oxygens (including phenoxy) is 5. The number of oxazole rings is 1. The molecule has 2 aliphatic rings. The topological polar surface area (TPSA) is 125 Å².